The minimum Gasteiger partial charge on any atom is -0.497 e. The van der Waals surface area contributed by atoms with Crippen LogP contribution in [-0.4, -0.2) is 39.3 Å². The third-order valence-corrected chi connectivity index (χ3v) is 2.04. The van der Waals surface area contributed by atoms with Crippen LogP contribution in [0.4, 0.5) is 0 Å². The van der Waals surface area contributed by atoms with E-state index in [2.05, 4.69) is 11.0 Å². The zero-order valence-electron chi connectivity index (χ0n) is 10.6. The van der Waals surface area contributed by atoms with Gasteiger partial charge in [-0.25, -0.2) is 0 Å². The Bertz CT molecular complexity index is 323. The van der Waals surface area contributed by atoms with Crippen LogP contribution in [0.2, 0.25) is 0 Å². The van der Waals surface area contributed by atoms with E-state index in [4.69, 9.17) is 9.47 Å². The van der Waals surface area contributed by atoms with E-state index in [0.29, 0.717) is 6.61 Å². The predicted octanol–water partition coefficient (Wildman–Crippen LogP) is 2.61. The Morgan fingerprint density at radius 1 is 1.06 bits per heavy atom. The van der Waals surface area contributed by atoms with Crippen molar-refractivity contribution >= 4 is 12.4 Å². The molecule has 96 valence electrons. The van der Waals surface area contributed by atoms with Crippen molar-refractivity contribution in [1.29, 1.82) is 0 Å². The minimum absolute atomic E-state index is 0. The average molecular weight is 258 g/mol. The highest BCUT2D eigenvalue weighted by atomic mass is 35.5. The van der Waals surface area contributed by atoms with E-state index >= 15 is 0 Å². The molecule has 0 N–H and O–H groups in total. The van der Waals surface area contributed by atoms with Crippen molar-refractivity contribution in [3.63, 3.8) is 0 Å². The number of benzene rings is 1. The molecule has 1 rings (SSSR count). The van der Waals surface area contributed by atoms with Gasteiger partial charge in [0.15, 0.2) is 0 Å². The maximum Gasteiger partial charge on any atom is 0.120 e. The van der Waals surface area contributed by atoms with Crippen LogP contribution in [0, 0.1) is 0 Å². The summed E-state index contributed by atoms with van der Waals surface area (Å²) in [5, 5.41) is 0. The zero-order chi connectivity index (χ0) is 11.8. The van der Waals surface area contributed by atoms with Crippen LogP contribution in [0.25, 0.3) is 0 Å². The summed E-state index contributed by atoms with van der Waals surface area (Å²) >= 11 is 0. The average Bonchev–Trinajstić information content (AvgIpc) is 2.29. The Morgan fingerprint density at radius 3 is 2.18 bits per heavy atom. The van der Waals surface area contributed by atoms with E-state index in [1.165, 1.54) is 0 Å². The highest BCUT2D eigenvalue weighted by Gasteiger charge is 1.92. The van der Waals surface area contributed by atoms with E-state index in [1.54, 1.807) is 7.11 Å². The Morgan fingerprint density at radius 2 is 1.65 bits per heavy atom. The summed E-state index contributed by atoms with van der Waals surface area (Å²) < 4.78 is 10.6. The number of hydrogen-bond donors (Lipinski definition) is 0. The molecule has 0 aliphatic heterocycles. The maximum atomic E-state index is 5.53. The van der Waals surface area contributed by atoms with E-state index in [1.807, 2.05) is 44.4 Å². The number of hydrogen-bond acceptors (Lipinski definition) is 3. The van der Waals surface area contributed by atoms with Gasteiger partial charge in [0.05, 0.1) is 7.11 Å². The second-order valence-corrected chi connectivity index (χ2v) is 3.72. The summed E-state index contributed by atoms with van der Waals surface area (Å²) in [6.45, 7) is 1.53. The van der Waals surface area contributed by atoms with Crippen molar-refractivity contribution in [2.45, 2.75) is 0 Å². The number of nitrogens with zero attached hydrogens (tertiary/aromatic N) is 1. The van der Waals surface area contributed by atoms with Crippen LogP contribution in [0.1, 0.15) is 0 Å². The first-order chi connectivity index (χ1) is 7.72. The lowest BCUT2D eigenvalue weighted by molar-refractivity contribution is 0.359. The van der Waals surface area contributed by atoms with Crippen molar-refractivity contribution in [3.8, 4) is 11.5 Å². The molecule has 4 heteroatoms. The first-order valence-electron chi connectivity index (χ1n) is 5.29. The topological polar surface area (TPSA) is 21.7 Å². The van der Waals surface area contributed by atoms with Crippen LogP contribution in [0.5, 0.6) is 11.5 Å². The predicted molar refractivity (Wildman–Crippen MR) is 73.4 cm³/mol. The van der Waals surface area contributed by atoms with Gasteiger partial charge in [0, 0.05) is 6.54 Å². The fourth-order valence-electron chi connectivity index (χ4n) is 1.17. The van der Waals surface area contributed by atoms with Gasteiger partial charge in [0.1, 0.15) is 18.1 Å². The minimum atomic E-state index is 0. The molecule has 0 radical (unpaired) electrons. The van der Waals surface area contributed by atoms with Gasteiger partial charge >= 0.3 is 0 Å². The van der Waals surface area contributed by atoms with Gasteiger partial charge in [-0.05, 0) is 38.4 Å². The fraction of sp³-hybridized carbons (Fsp3) is 0.385. The monoisotopic (exact) mass is 257 g/mol. The number of halogens is 1. The normalized spacial score (nSPS) is 10.4. The molecule has 0 aromatic heterocycles. The molecular weight excluding hydrogens is 238 g/mol. The number of rotatable bonds is 6. The molecular formula is C13H20ClNO2. The van der Waals surface area contributed by atoms with Gasteiger partial charge < -0.3 is 14.4 Å². The lowest BCUT2D eigenvalue weighted by atomic mass is 10.3. The third kappa shape index (κ3) is 6.87. The molecule has 0 amide bonds. The maximum absolute atomic E-state index is 5.53. The zero-order valence-corrected chi connectivity index (χ0v) is 11.4. The van der Waals surface area contributed by atoms with Crippen LogP contribution in [0.3, 0.4) is 0 Å². The van der Waals surface area contributed by atoms with Crippen molar-refractivity contribution < 1.29 is 9.47 Å². The van der Waals surface area contributed by atoms with Gasteiger partial charge in [-0.2, -0.15) is 0 Å². The molecule has 0 aliphatic carbocycles. The van der Waals surface area contributed by atoms with Crippen molar-refractivity contribution in [2.75, 3.05) is 34.4 Å². The second-order valence-electron chi connectivity index (χ2n) is 3.72. The Kier molecular flexibility index (Phi) is 8.28. The quantitative estimate of drug-likeness (QED) is 0.732. The molecule has 0 spiro atoms. The molecule has 0 fully saturated rings. The Labute approximate surface area is 109 Å². The van der Waals surface area contributed by atoms with Gasteiger partial charge in [-0.3, -0.25) is 0 Å². The third-order valence-electron chi connectivity index (χ3n) is 2.04. The van der Waals surface area contributed by atoms with Gasteiger partial charge in [0.25, 0.3) is 0 Å². The molecule has 0 saturated carbocycles. The Balaban J connectivity index is 0.00000256. The van der Waals surface area contributed by atoms with Crippen molar-refractivity contribution in [1.82, 2.24) is 4.90 Å². The van der Waals surface area contributed by atoms with Crippen molar-refractivity contribution in [3.05, 3.63) is 36.4 Å². The first kappa shape index (κ1) is 15.8. The molecule has 0 aliphatic rings. The fourth-order valence-corrected chi connectivity index (χ4v) is 1.17. The van der Waals surface area contributed by atoms with Crippen LogP contribution < -0.4 is 9.47 Å². The molecule has 1 aromatic carbocycles. The van der Waals surface area contributed by atoms with E-state index < -0.39 is 0 Å². The van der Waals surface area contributed by atoms with E-state index in [9.17, 15) is 0 Å². The summed E-state index contributed by atoms with van der Waals surface area (Å²) in [5.41, 5.74) is 0. The lowest BCUT2D eigenvalue weighted by Crippen LogP contribution is -2.10. The van der Waals surface area contributed by atoms with Crippen LogP contribution >= 0.6 is 12.4 Å². The first-order valence-corrected chi connectivity index (χ1v) is 5.29. The molecule has 0 atom stereocenters. The molecule has 0 unspecified atom stereocenters. The lowest BCUT2D eigenvalue weighted by Gasteiger charge is -2.05. The molecule has 3 nitrogen and oxygen atoms in total. The second kappa shape index (κ2) is 8.90. The molecule has 0 bridgehead atoms. The SMILES string of the molecule is COc1ccc(OCC=CCN(C)C)cc1.Cl. The molecule has 0 heterocycles. The summed E-state index contributed by atoms with van der Waals surface area (Å²) in [7, 11) is 5.73. The van der Waals surface area contributed by atoms with E-state index in [-0.39, 0.29) is 12.4 Å². The summed E-state index contributed by atoms with van der Waals surface area (Å²) in [5.74, 6) is 1.70. The largest absolute Gasteiger partial charge is 0.497 e. The highest BCUT2D eigenvalue weighted by Crippen LogP contribution is 2.16. The molecule has 1 aromatic rings. The number of methoxy groups -OCH3 is 1. The van der Waals surface area contributed by atoms with E-state index in [0.717, 1.165) is 18.0 Å². The van der Waals surface area contributed by atoms with Gasteiger partial charge in [-0.15, -0.1) is 12.4 Å². The number of likely N-dealkylation sites (N-methyl/N-ethyl adjacent to an activating group) is 1. The van der Waals surface area contributed by atoms with Gasteiger partial charge in [0.2, 0.25) is 0 Å². The number of ether oxygens (including phenoxy) is 2. The van der Waals surface area contributed by atoms with Crippen molar-refractivity contribution in [2.24, 2.45) is 0 Å². The van der Waals surface area contributed by atoms with Crippen LogP contribution in [0.15, 0.2) is 36.4 Å². The van der Waals surface area contributed by atoms with Crippen LogP contribution in [-0.2, 0) is 0 Å². The smallest absolute Gasteiger partial charge is 0.120 e. The summed E-state index contributed by atoms with van der Waals surface area (Å²) in [4.78, 5) is 2.10. The molecule has 0 saturated heterocycles. The summed E-state index contributed by atoms with van der Waals surface area (Å²) in [6, 6.07) is 7.58. The summed E-state index contributed by atoms with van der Waals surface area (Å²) in [6.07, 6.45) is 4.10. The standard InChI is InChI=1S/C13H19NO2.ClH/c1-14(2)10-4-5-11-16-13-8-6-12(15-3)7-9-13;/h4-9H,10-11H2,1-3H3;1H. The molecule has 17 heavy (non-hydrogen) atoms. The Hall–Kier alpha value is -1.19. The highest BCUT2D eigenvalue weighted by molar-refractivity contribution is 5.85. The van der Waals surface area contributed by atoms with Gasteiger partial charge in [-0.1, -0.05) is 12.2 Å².